The van der Waals surface area contributed by atoms with Gasteiger partial charge in [0.25, 0.3) is 0 Å². The largest absolute Gasteiger partial charge is 0.469 e. The Balaban J connectivity index is 4.33. The second kappa shape index (κ2) is 38.4. The Kier molecular flexibility index (Phi) is 35.7. The summed E-state index contributed by atoms with van der Waals surface area (Å²) in [6.07, 6.45) is 53.7. The quantitative estimate of drug-likeness (QED) is 0.0195. The third kappa shape index (κ3) is 41.2. The van der Waals surface area contributed by atoms with Crippen molar-refractivity contribution in [1.29, 1.82) is 0 Å². The molecule has 0 aromatic carbocycles. The Hall–Kier alpha value is -3.85. The van der Waals surface area contributed by atoms with Gasteiger partial charge in [0, 0.05) is 12.8 Å². The highest BCUT2D eigenvalue weighted by atomic mass is 31.2. The summed E-state index contributed by atoms with van der Waals surface area (Å²) < 4.78 is 26.1. The molecule has 0 aromatic heterocycles. The smallest absolute Gasteiger partial charge is 0.462 e. The maximum absolute atomic E-state index is 12.4. The molecule has 0 amide bonds. The average molecular weight is 783 g/mol. The highest BCUT2D eigenvalue weighted by Gasteiger charge is 2.23. The summed E-state index contributed by atoms with van der Waals surface area (Å²) in [4.78, 5) is 42.8. The van der Waals surface area contributed by atoms with E-state index in [-0.39, 0.29) is 19.3 Å². The van der Waals surface area contributed by atoms with Crippen molar-refractivity contribution >= 4 is 19.8 Å². The van der Waals surface area contributed by atoms with Crippen LogP contribution >= 0.6 is 7.82 Å². The van der Waals surface area contributed by atoms with Gasteiger partial charge in [-0.15, -0.1) is 0 Å². The number of hydrogen-bond donors (Lipinski definition) is 3. The first-order valence-corrected chi connectivity index (χ1v) is 21.1. The molecule has 0 rings (SSSR count). The zero-order valence-corrected chi connectivity index (χ0v) is 34.0. The third-order valence-electron chi connectivity index (χ3n) is 7.28. The van der Waals surface area contributed by atoms with Crippen molar-refractivity contribution in [2.45, 2.75) is 122 Å². The number of hydrogen-bond acceptors (Lipinski definition) is 7. The maximum Gasteiger partial charge on any atom is 0.469 e. The molecule has 0 saturated carbocycles. The molecule has 10 heteroatoms. The molecule has 0 aliphatic carbocycles. The Bertz CT molecular complexity index is 1360. The second-order valence-electron chi connectivity index (χ2n) is 12.3. The van der Waals surface area contributed by atoms with Crippen LogP contribution in [0.15, 0.2) is 134 Å². The molecule has 2 atom stereocenters. The highest BCUT2D eigenvalue weighted by Crippen LogP contribution is 2.35. The summed E-state index contributed by atoms with van der Waals surface area (Å²) in [7, 11) is -4.84. The number of phosphoric acid groups is 1. The molecule has 9 nitrogen and oxygen atoms in total. The molecular weight excluding hydrogens is 715 g/mol. The predicted molar refractivity (Wildman–Crippen MR) is 226 cm³/mol. The monoisotopic (exact) mass is 782 g/mol. The summed E-state index contributed by atoms with van der Waals surface area (Å²) >= 11 is 0. The molecule has 0 aliphatic heterocycles. The molecule has 1 unspecified atom stereocenters. The van der Waals surface area contributed by atoms with Crippen LogP contribution in [-0.4, -0.2) is 52.3 Å². The minimum Gasteiger partial charge on any atom is -0.462 e. The zero-order valence-electron chi connectivity index (χ0n) is 33.1. The van der Waals surface area contributed by atoms with E-state index in [1.54, 1.807) is 12.2 Å². The Morgan fingerprint density at radius 3 is 1.45 bits per heavy atom. The van der Waals surface area contributed by atoms with E-state index in [2.05, 4.69) is 116 Å². The van der Waals surface area contributed by atoms with Crippen LogP contribution in [0.5, 0.6) is 0 Å². The average Bonchev–Trinajstić information content (AvgIpc) is 3.15. The van der Waals surface area contributed by atoms with Crippen molar-refractivity contribution < 1.29 is 43.0 Å². The number of unbranched alkanes of at least 4 members (excludes halogenated alkanes) is 1. The first kappa shape index (κ1) is 51.1. The van der Waals surface area contributed by atoms with E-state index in [0.29, 0.717) is 12.8 Å². The van der Waals surface area contributed by atoms with Crippen LogP contribution in [0.1, 0.15) is 110 Å². The number of allylic oxidation sites excluding steroid dienone is 21. The first-order valence-electron chi connectivity index (χ1n) is 19.6. The first-order chi connectivity index (χ1) is 26.7. The van der Waals surface area contributed by atoms with E-state index in [1.807, 2.05) is 24.3 Å². The van der Waals surface area contributed by atoms with E-state index in [9.17, 15) is 19.3 Å². The van der Waals surface area contributed by atoms with E-state index >= 15 is 0 Å². The summed E-state index contributed by atoms with van der Waals surface area (Å²) in [5, 5.41) is 10.2. The van der Waals surface area contributed by atoms with Crippen LogP contribution in [0.4, 0.5) is 0 Å². The number of aliphatic hydroxyl groups is 1. The van der Waals surface area contributed by atoms with Gasteiger partial charge in [0.2, 0.25) is 0 Å². The fourth-order valence-corrected chi connectivity index (χ4v) is 4.76. The number of ether oxygens (including phenoxy) is 2. The van der Waals surface area contributed by atoms with Gasteiger partial charge in [0.15, 0.2) is 6.10 Å². The van der Waals surface area contributed by atoms with E-state index < -0.39 is 45.2 Å². The number of aliphatic hydroxyl groups excluding tert-OH is 1. The summed E-state index contributed by atoms with van der Waals surface area (Å²) in [6.45, 7) is 3.17. The van der Waals surface area contributed by atoms with Gasteiger partial charge < -0.3 is 24.4 Å². The SMILES string of the molecule is CC/C=C\C/C=C\C/C=C\C/C=C\C/C=C\C=C/C(O)CCC(=O)OC[C@H](COP(=O)(O)O)OC(=O)CCC/C=C\C/C=C\C/C=C\C/C=C\C/C=C\CC. The number of esters is 2. The van der Waals surface area contributed by atoms with Crippen molar-refractivity contribution in [3.63, 3.8) is 0 Å². The van der Waals surface area contributed by atoms with Crippen molar-refractivity contribution in [1.82, 2.24) is 0 Å². The van der Waals surface area contributed by atoms with Crippen molar-refractivity contribution in [3.8, 4) is 0 Å². The number of carbonyl (C=O) groups excluding carboxylic acids is 2. The van der Waals surface area contributed by atoms with Crippen LogP contribution < -0.4 is 0 Å². The summed E-state index contributed by atoms with van der Waals surface area (Å²) in [5.74, 6) is -1.25. The van der Waals surface area contributed by atoms with Gasteiger partial charge in [-0.1, -0.05) is 148 Å². The molecule has 0 saturated heterocycles. The minimum absolute atomic E-state index is 0.0745. The lowest BCUT2D eigenvalue weighted by atomic mass is 10.2. The molecule has 0 radical (unpaired) electrons. The number of carbonyl (C=O) groups is 2. The molecule has 306 valence electrons. The topological polar surface area (TPSA) is 140 Å². The lowest BCUT2D eigenvalue weighted by Crippen LogP contribution is -2.29. The minimum atomic E-state index is -4.84. The third-order valence-corrected chi connectivity index (χ3v) is 7.77. The predicted octanol–water partition coefficient (Wildman–Crippen LogP) is 10.9. The molecule has 0 bridgehead atoms. The Labute approximate surface area is 331 Å². The van der Waals surface area contributed by atoms with Gasteiger partial charge in [0.1, 0.15) is 6.61 Å². The zero-order chi connectivity index (χ0) is 40.5. The molecule has 0 aromatic rings. The molecule has 0 fully saturated rings. The van der Waals surface area contributed by atoms with Crippen LogP contribution in [-0.2, 0) is 28.2 Å². The van der Waals surface area contributed by atoms with E-state index in [4.69, 9.17) is 19.3 Å². The lowest BCUT2D eigenvalue weighted by molar-refractivity contribution is -0.161. The molecule has 3 N–H and O–H groups in total. The van der Waals surface area contributed by atoms with Crippen LogP contribution in [0, 0.1) is 0 Å². The fourth-order valence-electron chi connectivity index (χ4n) is 4.40. The number of phosphoric ester groups is 1. The molecule has 55 heavy (non-hydrogen) atoms. The summed E-state index contributed by atoms with van der Waals surface area (Å²) in [6, 6.07) is 0. The Morgan fingerprint density at radius 2 is 1.00 bits per heavy atom. The molecular formula is C45H67O9P. The number of rotatable bonds is 33. The standard InChI is InChI=1S/C45H67O9P/c1-3-5-7-9-11-13-15-17-19-21-23-25-27-29-31-33-35-37-45(48)54-43(41-53-55(49,50)51)40-52-44(47)39-38-42(46)36-34-32-30-28-26-24-22-20-18-16-14-12-10-8-6-4-2/h5-8,11-14,17-20,23-26,29-32,34,36,42-43,46H,3-4,9-10,15-16,21-22,27-28,33,35,37-41H2,1-2H3,(H2,49,50,51)/b7-5-,8-6-,13-11-,14-12-,19-17-,20-18-,25-23-,26-24-,31-29-,32-30-,36-34-/t42?,43-/m1/s1. The van der Waals surface area contributed by atoms with Gasteiger partial charge in [-0.2, -0.15) is 0 Å². The molecule has 0 heterocycles. The van der Waals surface area contributed by atoms with Crippen molar-refractivity contribution in [2.75, 3.05) is 13.2 Å². The van der Waals surface area contributed by atoms with Gasteiger partial charge in [-0.25, -0.2) is 4.57 Å². The summed E-state index contributed by atoms with van der Waals surface area (Å²) in [5.41, 5.74) is 0. The molecule has 0 aliphatic rings. The van der Waals surface area contributed by atoms with Gasteiger partial charge in [0.05, 0.1) is 12.7 Å². The highest BCUT2D eigenvalue weighted by molar-refractivity contribution is 7.46. The van der Waals surface area contributed by atoms with Gasteiger partial charge in [-0.05, 0) is 83.5 Å². The van der Waals surface area contributed by atoms with Crippen molar-refractivity contribution in [3.05, 3.63) is 134 Å². The normalized spacial score (nSPS) is 14.5. The van der Waals surface area contributed by atoms with Crippen LogP contribution in [0.25, 0.3) is 0 Å². The Morgan fingerprint density at radius 1 is 0.564 bits per heavy atom. The van der Waals surface area contributed by atoms with Gasteiger partial charge >= 0.3 is 19.8 Å². The van der Waals surface area contributed by atoms with Crippen LogP contribution in [0.3, 0.4) is 0 Å². The molecule has 0 spiro atoms. The lowest BCUT2D eigenvalue weighted by Gasteiger charge is -2.18. The maximum atomic E-state index is 12.4. The fraction of sp³-hybridized carbons (Fsp3) is 0.467. The van der Waals surface area contributed by atoms with Crippen molar-refractivity contribution in [2.24, 2.45) is 0 Å². The van der Waals surface area contributed by atoms with E-state index in [0.717, 1.165) is 64.2 Å². The van der Waals surface area contributed by atoms with Gasteiger partial charge in [-0.3, -0.25) is 14.1 Å². The second-order valence-corrected chi connectivity index (χ2v) is 13.6. The van der Waals surface area contributed by atoms with Crippen LogP contribution in [0.2, 0.25) is 0 Å². The van der Waals surface area contributed by atoms with E-state index in [1.165, 1.54) is 0 Å².